The van der Waals surface area contributed by atoms with Gasteiger partial charge in [-0.1, -0.05) is 84.9 Å². The zero-order valence-electron chi connectivity index (χ0n) is 26.0. The number of hydrogen-bond acceptors (Lipinski definition) is 7. The van der Waals surface area contributed by atoms with Gasteiger partial charge in [0, 0.05) is 6.54 Å². The zero-order valence-corrected chi connectivity index (χ0v) is 26.0. The second-order valence-electron chi connectivity index (χ2n) is 11.7. The summed E-state index contributed by atoms with van der Waals surface area (Å²) in [6.45, 7) is 2.98. The molecule has 3 aromatic rings. The van der Waals surface area contributed by atoms with E-state index >= 15 is 0 Å². The van der Waals surface area contributed by atoms with Crippen LogP contribution < -0.4 is 27.0 Å². The number of aryl methyl sites for hydroxylation is 1. The van der Waals surface area contributed by atoms with Crippen LogP contribution in [0.15, 0.2) is 84.9 Å². The molecule has 0 radical (unpaired) electrons. The molecule has 244 valence electrons. The van der Waals surface area contributed by atoms with E-state index in [0.29, 0.717) is 19.5 Å². The lowest BCUT2D eigenvalue weighted by atomic mass is 9.88. The molecule has 4 amide bonds. The van der Waals surface area contributed by atoms with Crippen LogP contribution in [0.3, 0.4) is 0 Å². The van der Waals surface area contributed by atoms with Gasteiger partial charge in [-0.25, -0.2) is 4.79 Å². The second kappa shape index (κ2) is 17.1. The summed E-state index contributed by atoms with van der Waals surface area (Å²) in [6, 6.07) is 23.6. The van der Waals surface area contributed by atoms with Crippen LogP contribution in [0.25, 0.3) is 0 Å². The van der Waals surface area contributed by atoms with Crippen molar-refractivity contribution in [3.05, 3.63) is 107 Å². The first kappa shape index (κ1) is 34.1. The molecule has 1 aliphatic rings. The molecule has 2 unspecified atom stereocenters. The first-order valence-electron chi connectivity index (χ1n) is 15.5. The van der Waals surface area contributed by atoms with Crippen LogP contribution in [0.2, 0.25) is 0 Å². The van der Waals surface area contributed by atoms with E-state index in [4.69, 9.17) is 10.5 Å². The maximum Gasteiger partial charge on any atom is 0.408 e. The van der Waals surface area contributed by atoms with E-state index < -0.39 is 48.6 Å². The largest absolute Gasteiger partial charge is 0.445 e. The maximum absolute atomic E-state index is 13.5. The third kappa shape index (κ3) is 10.4. The van der Waals surface area contributed by atoms with Crippen molar-refractivity contribution in [2.24, 2.45) is 11.7 Å². The minimum Gasteiger partial charge on any atom is -0.445 e. The van der Waals surface area contributed by atoms with Gasteiger partial charge in [0.05, 0.1) is 24.6 Å². The molecule has 1 saturated heterocycles. The van der Waals surface area contributed by atoms with E-state index in [1.54, 1.807) is 24.3 Å². The second-order valence-corrected chi connectivity index (χ2v) is 11.7. The van der Waals surface area contributed by atoms with Crippen LogP contribution in [0, 0.1) is 12.8 Å². The van der Waals surface area contributed by atoms with Crippen LogP contribution in [0.1, 0.15) is 41.5 Å². The van der Waals surface area contributed by atoms with Crippen molar-refractivity contribution in [3.8, 4) is 0 Å². The van der Waals surface area contributed by atoms with Crippen LogP contribution in [0.5, 0.6) is 0 Å². The Morgan fingerprint density at radius 2 is 1.59 bits per heavy atom. The molecular formula is C35H43N5O6. The predicted molar refractivity (Wildman–Crippen MR) is 173 cm³/mol. The summed E-state index contributed by atoms with van der Waals surface area (Å²) >= 11 is 0. The summed E-state index contributed by atoms with van der Waals surface area (Å²) in [5.41, 5.74) is 9.13. The minimum atomic E-state index is -1.32. The Hall–Kier alpha value is -4.74. The molecule has 1 heterocycles. The zero-order chi connectivity index (χ0) is 32.9. The molecule has 1 aliphatic heterocycles. The number of rotatable bonds is 15. The number of alkyl carbamates (subject to hydrolysis) is 1. The SMILES string of the molecule is Cc1ccccc1CNC(=O)C1NCCC1C[C@H](O)[C@H](Cc1ccccc1)NC(=O)[C@H](CC(N)=O)NC(=O)OCc1ccccc1. The van der Waals surface area contributed by atoms with Gasteiger partial charge in [0.25, 0.3) is 0 Å². The highest BCUT2D eigenvalue weighted by molar-refractivity contribution is 5.90. The van der Waals surface area contributed by atoms with E-state index in [1.165, 1.54) is 0 Å². The number of amides is 4. The van der Waals surface area contributed by atoms with Crippen molar-refractivity contribution in [2.45, 2.75) is 70.0 Å². The number of ether oxygens (including phenoxy) is 1. The molecule has 4 rings (SSSR count). The molecule has 46 heavy (non-hydrogen) atoms. The van der Waals surface area contributed by atoms with Crippen LogP contribution in [-0.4, -0.2) is 59.7 Å². The highest BCUT2D eigenvalue weighted by atomic mass is 16.5. The lowest BCUT2D eigenvalue weighted by Crippen LogP contribution is -2.54. The monoisotopic (exact) mass is 629 g/mol. The lowest BCUT2D eigenvalue weighted by molar-refractivity contribution is -0.128. The number of nitrogens with one attached hydrogen (secondary N) is 4. The lowest BCUT2D eigenvalue weighted by Gasteiger charge is -2.29. The molecule has 5 atom stereocenters. The highest BCUT2D eigenvalue weighted by Crippen LogP contribution is 2.24. The average Bonchev–Trinajstić information content (AvgIpc) is 3.51. The molecule has 0 aromatic heterocycles. The van der Waals surface area contributed by atoms with Gasteiger partial charge in [-0.05, 0) is 60.9 Å². The van der Waals surface area contributed by atoms with Gasteiger partial charge in [-0.2, -0.15) is 0 Å². The Balaban J connectivity index is 1.41. The fourth-order valence-electron chi connectivity index (χ4n) is 5.65. The topological polar surface area (TPSA) is 172 Å². The van der Waals surface area contributed by atoms with Gasteiger partial charge in [-0.3, -0.25) is 14.4 Å². The van der Waals surface area contributed by atoms with E-state index in [9.17, 15) is 24.3 Å². The number of primary amides is 1. The summed E-state index contributed by atoms with van der Waals surface area (Å²) in [5.74, 6) is -1.82. The first-order chi connectivity index (χ1) is 22.2. The summed E-state index contributed by atoms with van der Waals surface area (Å²) < 4.78 is 5.24. The van der Waals surface area contributed by atoms with Crippen molar-refractivity contribution < 1.29 is 29.0 Å². The molecule has 11 heteroatoms. The first-order valence-corrected chi connectivity index (χ1v) is 15.5. The van der Waals surface area contributed by atoms with Gasteiger partial charge in [-0.15, -0.1) is 0 Å². The fraction of sp³-hybridized carbons (Fsp3) is 0.371. The normalized spacial score (nSPS) is 17.7. The number of carbonyl (C=O) groups is 4. The maximum atomic E-state index is 13.5. The number of aliphatic hydroxyl groups excluding tert-OH is 1. The molecule has 7 N–H and O–H groups in total. The van der Waals surface area contributed by atoms with E-state index in [-0.39, 0.29) is 31.3 Å². The van der Waals surface area contributed by atoms with Crippen molar-refractivity contribution in [1.29, 1.82) is 0 Å². The summed E-state index contributed by atoms with van der Waals surface area (Å²) in [7, 11) is 0. The molecule has 3 aromatic carbocycles. The quantitative estimate of drug-likeness (QED) is 0.150. The Morgan fingerprint density at radius 1 is 0.935 bits per heavy atom. The predicted octanol–water partition coefficient (Wildman–Crippen LogP) is 2.24. The molecule has 11 nitrogen and oxygen atoms in total. The number of nitrogens with two attached hydrogens (primary N) is 1. The van der Waals surface area contributed by atoms with Crippen molar-refractivity contribution in [3.63, 3.8) is 0 Å². The van der Waals surface area contributed by atoms with Crippen molar-refractivity contribution >= 4 is 23.8 Å². The average molecular weight is 630 g/mol. The molecule has 1 fully saturated rings. The van der Waals surface area contributed by atoms with Gasteiger partial charge >= 0.3 is 6.09 Å². The summed E-state index contributed by atoms with van der Waals surface area (Å²) in [6.07, 6.45) is -1.21. The molecule has 0 saturated carbocycles. The Morgan fingerprint density at radius 3 is 2.26 bits per heavy atom. The molecule has 0 spiro atoms. The summed E-state index contributed by atoms with van der Waals surface area (Å²) in [4.78, 5) is 51.0. The number of hydrogen-bond donors (Lipinski definition) is 6. The van der Waals surface area contributed by atoms with Gasteiger partial charge in [0.1, 0.15) is 12.6 Å². The Labute approximate surface area is 269 Å². The third-order valence-corrected chi connectivity index (χ3v) is 8.21. The third-order valence-electron chi connectivity index (χ3n) is 8.21. The van der Waals surface area contributed by atoms with Gasteiger partial charge in [0.15, 0.2) is 0 Å². The molecule has 0 bridgehead atoms. The smallest absolute Gasteiger partial charge is 0.408 e. The number of carbonyl (C=O) groups excluding carboxylic acids is 4. The van der Waals surface area contributed by atoms with Gasteiger partial charge < -0.3 is 36.8 Å². The van der Waals surface area contributed by atoms with Gasteiger partial charge in [0.2, 0.25) is 17.7 Å². The van der Waals surface area contributed by atoms with Crippen LogP contribution in [-0.2, 0) is 38.7 Å². The highest BCUT2D eigenvalue weighted by Gasteiger charge is 2.36. The van der Waals surface area contributed by atoms with E-state index in [0.717, 1.165) is 22.3 Å². The Bertz CT molecular complexity index is 1450. The number of benzene rings is 3. The van der Waals surface area contributed by atoms with Crippen LogP contribution >= 0.6 is 0 Å². The molecule has 0 aliphatic carbocycles. The number of aliphatic hydroxyl groups is 1. The van der Waals surface area contributed by atoms with Crippen molar-refractivity contribution in [1.82, 2.24) is 21.3 Å². The Kier molecular flexibility index (Phi) is 12.7. The summed E-state index contributed by atoms with van der Waals surface area (Å²) in [5, 5.41) is 23.0. The van der Waals surface area contributed by atoms with E-state index in [1.807, 2.05) is 67.6 Å². The van der Waals surface area contributed by atoms with Crippen molar-refractivity contribution in [2.75, 3.05) is 6.54 Å². The van der Waals surface area contributed by atoms with Crippen LogP contribution in [0.4, 0.5) is 4.79 Å². The minimum absolute atomic E-state index is 0.0257. The molecular weight excluding hydrogens is 586 g/mol. The standard InChI is InChI=1S/C35H43N5O6/c1-23-10-8-9-15-27(23)21-38-34(44)32-26(16-17-37-32)19-30(41)28(18-24-11-4-2-5-12-24)39-33(43)29(20-31(36)42)40-35(45)46-22-25-13-6-3-7-14-25/h2-15,26,28-30,32,37,41H,16-22H2,1H3,(H2,36,42)(H,38,44)(H,39,43)(H,40,45)/t26?,28-,29-,30-,32?/m0/s1. The van der Waals surface area contributed by atoms with E-state index in [2.05, 4.69) is 21.3 Å². The fourth-order valence-corrected chi connectivity index (χ4v) is 5.65.